The second-order valence-corrected chi connectivity index (χ2v) is 7.01. The molecule has 0 unspecified atom stereocenters. The number of piperidine rings is 1. The smallest absolute Gasteiger partial charge is 0.246 e. The molecule has 1 amide bonds. The van der Waals surface area contributed by atoms with Crippen LogP contribution in [0.2, 0.25) is 5.02 Å². The molecule has 11 heteroatoms. The molecule has 2 aromatic heterocycles. The summed E-state index contributed by atoms with van der Waals surface area (Å²) < 4.78 is 19.0. The summed E-state index contributed by atoms with van der Waals surface area (Å²) in [6.45, 7) is 2.93. The normalized spacial score (nSPS) is 15.2. The quantitative estimate of drug-likeness (QED) is 0.655. The van der Waals surface area contributed by atoms with Crippen LogP contribution < -0.4 is 0 Å². The summed E-state index contributed by atoms with van der Waals surface area (Å²) in [5.74, 6) is 0.796. The Kier molecular flexibility index (Phi) is 5.03. The standard InChI is InChI=1S/C17H17ClFN7O2/c1-10-21-24-26(22-10)9-15(27)25-6-4-11(5-7-25)17-20-16(23-28-17)12-2-3-13(18)14(19)8-12/h2-3,8,11H,4-7,9H2,1H3. The Bertz CT molecular complexity index is 997. The van der Waals surface area contributed by atoms with E-state index in [0.29, 0.717) is 49.0 Å². The first-order valence-electron chi connectivity index (χ1n) is 8.81. The van der Waals surface area contributed by atoms with Gasteiger partial charge in [-0.15, -0.1) is 10.2 Å². The summed E-state index contributed by atoms with van der Waals surface area (Å²) in [5, 5.41) is 15.6. The van der Waals surface area contributed by atoms with Crippen LogP contribution in [0.5, 0.6) is 0 Å². The topological polar surface area (TPSA) is 103 Å². The molecule has 3 aromatic rings. The van der Waals surface area contributed by atoms with Crippen molar-refractivity contribution in [3.63, 3.8) is 0 Å². The lowest BCUT2D eigenvalue weighted by Crippen LogP contribution is -2.40. The molecule has 146 valence electrons. The Hall–Kier alpha value is -2.88. The number of likely N-dealkylation sites (tertiary alicyclic amines) is 1. The first-order chi connectivity index (χ1) is 13.5. The Morgan fingerprint density at radius 3 is 2.82 bits per heavy atom. The van der Waals surface area contributed by atoms with Crippen LogP contribution in [0.3, 0.4) is 0 Å². The number of hydrogen-bond donors (Lipinski definition) is 0. The Morgan fingerprint density at radius 2 is 2.14 bits per heavy atom. The molecule has 0 atom stereocenters. The van der Waals surface area contributed by atoms with Crippen molar-refractivity contribution in [2.45, 2.75) is 32.2 Å². The molecule has 3 heterocycles. The van der Waals surface area contributed by atoms with Gasteiger partial charge in [-0.3, -0.25) is 4.79 Å². The first-order valence-corrected chi connectivity index (χ1v) is 9.18. The minimum Gasteiger partial charge on any atom is -0.341 e. The van der Waals surface area contributed by atoms with Gasteiger partial charge in [0.25, 0.3) is 0 Å². The Morgan fingerprint density at radius 1 is 1.36 bits per heavy atom. The van der Waals surface area contributed by atoms with Crippen LogP contribution in [0, 0.1) is 12.7 Å². The maximum absolute atomic E-state index is 13.6. The zero-order valence-electron chi connectivity index (χ0n) is 15.0. The van der Waals surface area contributed by atoms with E-state index in [9.17, 15) is 9.18 Å². The van der Waals surface area contributed by atoms with Crippen LogP contribution in [0.4, 0.5) is 4.39 Å². The van der Waals surface area contributed by atoms with E-state index in [1.54, 1.807) is 17.9 Å². The molecular formula is C17H17ClFN7O2. The molecule has 1 aliphatic rings. The summed E-state index contributed by atoms with van der Waals surface area (Å²) in [6, 6.07) is 4.37. The molecule has 0 saturated carbocycles. The molecule has 1 saturated heterocycles. The number of carbonyl (C=O) groups excluding carboxylic acids is 1. The van der Waals surface area contributed by atoms with Gasteiger partial charge in [0.15, 0.2) is 5.82 Å². The lowest BCUT2D eigenvalue weighted by molar-refractivity contribution is -0.133. The van der Waals surface area contributed by atoms with Crippen molar-refractivity contribution >= 4 is 17.5 Å². The maximum Gasteiger partial charge on any atom is 0.246 e. The average Bonchev–Trinajstić information content (AvgIpc) is 3.33. The number of hydrogen-bond acceptors (Lipinski definition) is 7. The van der Waals surface area contributed by atoms with Gasteiger partial charge in [0, 0.05) is 24.6 Å². The van der Waals surface area contributed by atoms with Gasteiger partial charge in [0.2, 0.25) is 17.6 Å². The van der Waals surface area contributed by atoms with Crippen LogP contribution in [-0.2, 0) is 11.3 Å². The van der Waals surface area contributed by atoms with Crippen LogP contribution in [-0.4, -0.2) is 54.2 Å². The van der Waals surface area contributed by atoms with Gasteiger partial charge < -0.3 is 9.42 Å². The second-order valence-electron chi connectivity index (χ2n) is 6.61. The predicted octanol–water partition coefficient (Wildman–Crippen LogP) is 2.23. The maximum atomic E-state index is 13.6. The average molecular weight is 406 g/mol. The number of aryl methyl sites for hydroxylation is 1. The minimum atomic E-state index is -0.533. The molecule has 0 radical (unpaired) electrons. The molecular weight excluding hydrogens is 389 g/mol. The van der Waals surface area contributed by atoms with Gasteiger partial charge in [0.05, 0.1) is 5.02 Å². The monoisotopic (exact) mass is 405 g/mol. The third kappa shape index (κ3) is 3.86. The summed E-state index contributed by atoms with van der Waals surface area (Å²) in [7, 11) is 0. The SMILES string of the molecule is Cc1nnn(CC(=O)N2CCC(c3nc(-c4ccc(Cl)c(F)c4)no3)CC2)n1. The number of tetrazole rings is 1. The van der Waals surface area contributed by atoms with Crippen molar-refractivity contribution in [1.82, 2.24) is 35.2 Å². The van der Waals surface area contributed by atoms with Gasteiger partial charge in [-0.1, -0.05) is 16.8 Å². The number of aromatic nitrogens is 6. The van der Waals surface area contributed by atoms with Crippen LogP contribution in [0.25, 0.3) is 11.4 Å². The molecule has 0 aliphatic carbocycles. The molecule has 0 bridgehead atoms. The van der Waals surface area contributed by atoms with Crippen LogP contribution in [0.1, 0.15) is 30.5 Å². The molecule has 28 heavy (non-hydrogen) atoms. The van der Waals surface area contributed by atoms with Crippen molar-refractivity contribution in [1.29, 1.82) is 0 Å². The molecule has 0 spiro atoms. The zero-order valence-corrected chi connectivity index (χ0v) is 15.8. The van der Waals surface area contributed by atoms with Crippen LogP contribution in [0.15, 0.2) is 22.7 Å². The van der Waals surface area contributed by atoms with E-state index in [-0.39, 0.29) is 23.4 Å². The third-order valence-corrected chi connectivity index (χ3v) is 4.95. The largest absolute Gasteiger partial charge is 0.341 e. The van der Waals surface area contributed by atoms with Gasteiger partial charge in [0.1, 0.15) is 12.4 Å². The van der Waals surface area contributed by atoms with E-state index < -0.39 is 5.82 Å². The fraction of sp³-hybridized carbons (Fsp3) is 0.412. The molecule has 9 nitrogen and oxygen atoms in total. The molecule has 1 aliphatic heterocycles. The molecule has 4 rings (SSSR count). The van der Waals surface area contributed by atoms with Crippen molar-refractivity contribution in [3.05, 3.63) is 40.8 Å². The van der Waals surface area contributed by atoms with E-state index in [4.69, 9.17) is 16.1 Å². The van der Waals surface area contributed by atoms with Gasteiger partial charge >= 0.3 is 0 Å². The fourth-order valence-corrected chi connectivity index (χ4v) is 3.26. The second kappa shape index (κ2) is 7.63. The van der Waals surface area contributed by atoms with E-state index in [2.05, 4.69) is 25.6 Å². The van der Waals surface area contributed by atoms with Gasteiger partial charge in [-0.25, -0.2) is 4.39 Å². The van der Waals surface area contributed by atoms with E-state index >= 15 is 0 Å². The van der Waals surface area contributed by atoms with E-state index in [1.807, 2.05) is 0 Å². The molecule has 1 fully saturated rings. The summed E-state index contributed by atoms with van der Waals surface area (Å²) in [4.78, 5) is 19.8. The Balaban J connectivity index is 1.37. The highest BCUT2D eigenvalue weighted by atomic mass is 35.5. The zero-order chi connectivity index (χ0) is 19.7. The third-order valence-electron chi connectivity index (χ3n) is 4.65. The number of nitrogens with zero attached hydrogens (tertiary/aromatic N) is 7. The van der Waals surface area contributed by atoms with Crippen molar-refractivity contribution in [2.24, 2.45) is 0 Å². The molecule has 0 N–H and O–H groups in total. The number of rotatable bonds is 4. The number of benzene rings is 1. The van der Waals surface area contributed by atoms with Crippen molar-refractivity contribution in [3.8, 4) is 11.4 Å². The van der Waals surface area contributed by atoms with E-state index in [1.165, 1.54) is 16.9 Å². The molecule has 1 aromatic carbocycles. The number of halogens is 2. The highest BCUT2D eigenvalue weighted by molar-refractivity contribution is 6.30. The van der Waals surface area contributed by atoms with Gasteiger partial charge in [-0.2, -0.15) is 9.78 Å². The number of amides is 1. The number of carbonyl (C=O) groups is 1. The Labute approximate surface area is 164 Å². The van der Waals surface area contributed by atoms with Gasteiger partial charge in [-0.05, 0) is 43.2 Å². The lowest BCUT2D eigenvalue weighted by Gasteiger charge is -2.30. The summed E-state index contributed by atoms with van der Waals surface area (Å²) in [6.07, 6.45) is 1.40. The summed E-state index contributed by atoms with van der Waals surface area (Å²) >= 11 is 5.70. The lowest BCUT2D eigenvalue weighted by atomic mass is 9.96. The fourth-order valence-electron chi connectivity index (χ4n) is 3.14. The van der Waals surface area contributed by atoms with Crippen LogP contribution >= 0.6 is 11.6 Å². The minimum absolute atomic E-state index is 0.0424. The predicted molar refractivity (Wildman–Crippen MR) is 95.8 cm³/mol. The highest BCUT2D eigenvalue weighted by Crippen LogP contribution is 2.29. The van der Waals surface area contributed by atoms with E-state index in [0.717, 1.165) is 0 Å². The first kappa shape index (κ1) is 18.5. The van der Waals surface area contributed by atoms with Crippen molar-refractivity contribution < 1.29 is 13.7 Å². The highest BCUT2D eigenvalue weighted by Gasteiger charge is 2.28. The summed E-state index contributed by atoms with van der Waals surface area (Å²) in [5.41, 5.74) is 0.500. The van der Waals surface area contributed by atoms with Crippen molar-refractivity contribution in [2.75, 3.05) is 13.1 Å².